The SMILES string of the molecule is CC(=O)Nc1ccc(Nc2ncnc(Nc3cc(F)ccc3F)c2N)cc1. The third-order valence-corrected chi connectivity index (χ3v) is 3.53. The minimum atomic E-state index is -0.641. The topological polar surface area (TPSA) is 105 Å². The molecule has 0 saturated carbocycles. The molecule has 1 heterocycles. The first-order chi connectivity index (χ1) is 12.9. The van der Waals surface area contributed by atoms with Gasteiger partial charge in [-0.1, -0.05) is 0 Å². The van der Waals surface area contributed by atoms with Gasteiger partial charge in [-0.15, -0.1) is 0 Å². The average Bonchev–Trinajstić information content (AvgIpc) is 2.62. The van der Waals surface area contributed by atoms with Crippen molar-refractivity contribution < 1.29 is 13.6 Å². The lowest BCUT2D eigenvalue weighted by Gasteiger charge is -2.13. The zero-order valence-electron chi connectivity index (χ0n) is 14.3. The molecule has 138 valence electrons. The molecule has 0 radical (unpaired) electrons. The van der Waals surface area contributed by atoms with Gasteiger partial charge >= 0.3 is 0 Å². The van der Waals surface area contributed by atoms with E-state index in [2.05, 4.69) is 25.9 Å². The molecular formula is C18H16F2N6O. The fourth-order valence-corrected chi connectivity index (χ4v) is 2.29. The van der Waals surface area contributed by atoms with Gasteiger partial charge in [0, 0.05) is 24.4 Å². The summed E-state index contributed by atoms with van der Waals surface area (Å²) in [5.41, 5.74) is 7.39. The van der Waals surface area contributed by atoms with Crippen LogP contribution in [0, 0.1) is 11.6 Å². The highest BCUT2D eigenvalue weighted by Gasteiger charge is 2.11. The molecule has 0 unspecified atom stereocenters. The molecule has 3 aromatic rings. The number of carbonyl (C=O) groups is 1. The summed E-state index contributed by atoms with van der Waals surface area (Å²) in [6, 6.07) is 9.90. The number of carbonyl (C=O) groups excluding carboxylic acids is 1. The highest BCUT2D eigenvalue weighted by Crippen LogP contribution is 2.29. The van der Waals surface area contributed by atoms with Crippen molar-refractivity contribution in [3.05, 3.63) is 60.4 Å². The van der Waals surface area contributed by atoms with Gasteiger partial charge in [-0.05, 0) is 36.4 Å². The number of nitrogens with two attached hydrogens (primary N) is 1. The molecule has 5 N–H and O–H groups in total. The zero-order chi connectivity index (χ0) is 19.4. The largest absolute Gasteiger partial charge is 0.393 e. The molecule has 0 aliphatic rings. The Morgan fingerprint density at radius 1 is 0.963 bits per heavy atom. The summed E-state index contributed by atoms with van der Waals surface area (Å²) in [7, 11) is 0. The second kappa shape index (κ2) is 7.65. The Balaban J connectivity index is 1.80. The predicted octanol–water partition coefficient (Wildman–Crippen LogP) is 3.78. The molecule has 27 heavy (non-hydrogen) atoms. The fraction of sp³-hybridized carbons (Fsp3) is 0.0556. The third kappa shape index (κ3) is 4.46. The van der Waals surface area contributed by atoms with Gasteiger partial charge in [0.25, 0.3) is 0 Å². The maximum absolute atomic E-state index is 13.8. The Hall–Kier alpha value is -3.75. The first-order valence-corrected chi connectivity index (χ1v) is 7.89. The van der Waals surface area contributed by atoms with E-state index in [-0.39, 0.29) is 28.9 Å². The highest BCUT2D eigenvalue weighted by molar-refractivity contribution is 5.89. The number of rotatable bonds is 5. The lowest BCUT2D eigenvalue weighted by molar-refractivity contribution is -0.114. The number of benzene rings is 2. The van der Waals surface area contributed by atoms with Crippen LogP contribution in [0.25, 0.3) is 0 Å². The van der Waals surface area contributed by atoms with Gasteiger partial charge < -0.3 is 21.7 Å². The Morgan fingerprint density at radius 2 is 1.59 bits per heavy atom. The number of hydrogen-bond acceptors (Lipinski definition) is 6. The quantitative estimate of drug-likeness (QED) is 0.545. The lowest BCUT2D eigenvalue weighted by atomic mass is 10.2. The van der Waals surface area contributed by atoms with E-state index in [9.17, 15) is 13.6 Å². The van der Waals surface area contributed by atoms with Crippen LogP contribution in [0.4, 0.5) is 43.2 Å². The fourth-order valence-electron chi connectivity index (χ4n) is 2.29. The molecule has 0 bridgehead atoms. The van der Waals surface area contributed by atoms with Crippen molar-refractivity contribution in [3.8, 4) is 0 Å². The van der Waals surface area contributed by atoms with Crippen molar-refractivity contribution in [1.29, 1.82) is 0 Å². The van der Waals surface area contributed by atoms with Crippen LogP contribution in [0.3, 0.4) is 0 Å². The van der Waals surface area contributed by atoms with Gasteiger partial charge in [-0.25, -0.2) is 18.7 Å². The number of halogens is 2. The van der Waals surface area contributed by atoms with E-state index in [4.69, 9.17) is 5.73 Å². The molecule has 0 atom stereocenters. The summed E-state index contributed by atoms with van der Waals surface area (Å²) in [6.45, 7) is 1.42. The van der Waals surface area contributed by atoms with Crippen molar-refractivity contribution >= 4 is 40.3 Å². The summed E-state index contributed by atoms with van der Waals surface area (Å²) in [6.07, 6.45) is 1.24. The van der Waals surface area contributed by atoms with Crippen LogP contribution >= 0.6 is 0 Å². The number of nitrogens with one attached hydrogen (secondary N) is 3. The molecule has 0 spiro atoms. The molecule has 9 heteroatoms. The van der Waals surface area contributed by atoms with Crippen molar-refractivity contribution in [2.75, 3.05) is 21.7 Å². The van der Waals surface area contributed by atoms with Crippen LogP contribution in [-0.2, 0) is 4.79 Å². The summed E-state index contributed by atoms with van der Waals surface area (Å²) >= 11 is 0. The number of hydrogen-bond donors (Lipinski definition) is 4. The second-order valence-corrected chi connectivity index (χ2v) is 5.62. The van der Waals surface area contributed by atoms with Gasteiger partial charge in [-0.3, -0.25) is 4.79 Å². The molecule has 3 rings (SSSR count). The highest BCUT2D eigenvalue weighted by atomic mass is 19.1. The summed E-state index contributed by atoms with van der Waals surface area (Å²) < 4.78 is 27.1. The van der Waals surface area contributed by atoms with Gasteiger partial charge in [0.05, 0.1) is 5.69 Å². The van der Waals surface area contributed by atoms with Crippen LogP contribution < -0.4 is 21.7 Å². The molecule has 1 amide bonds. The van der Waals surface area contributed by atoms with Gasteiger partial charge in [0.1, 0.15) is 23.6 Å². The number of nitrogen functional groups attached to an aromatic ring is 1. The maximum Gasteiger partial charge on any atom is 0.221 e. The van der Waals surface area contributed by atoms with Crippen LogP contribution in [0.2, 0.25) is 0 Å². The van der Waals surface area contributed by atoms with E-state index in [0.29, 0.717) is 11.4 Å². The molecule has 2 aromatic carbocycles. The van der Waals surface area contributed by atoms with Crippen LogP contribution in [0.5, 0.6) is 0 Å². The van der Waals surface area contributed by atoms with Crippen LogP contribution in [0.1, 0.15) is 6.92 Å². The lowest BCUT2D eigenvalue weighted by Crippen LogP contribution is -2.07. The predicted molar refractivity (Wildman–Crippen MR) is 100 cm³/mol. The van der Waals surface area contributed by atoms with Crippen molar-refractivity contribution in [2.24, 2.45) is 0 Å². The second-order valence-electron chi connectivity index (χ2n) is 5.62. The normalized spacial score (nSPS) is 10.3. The minimum absolute atomic E-state index is 0.0917. The minimum Gasteiger partial charge on any atom is -0.393 e. The monoisotopic (exact) mass is 370 g/mol. The molecule has 7 nitrogen and oxygen atoms in total. The first kappa shape index (κ1) is 18.1. The van der Waals surface area contributed by atoms with Crippen molar-refractivity contribution in [3.63, 3.8) is 0 Å². The molecule has 1 aromatic heterocycles. The summed E-state index contributed by atoms with van der Waals surface area (Å²) in [5.74, 6) is -0.985. The van der Waals surface area contributed by atoms with Crippen LogP contribution in [0.15, 0.2) is 48.8 Å². The number of nitrogens with zero attached hydrogens (tertiary/aromatic N) is 2. The van der Waals surface area contributed by atoms with Crippen molar-refractivity contribution in [1.82, 2.24) is 9.97 Å². The van der Waals surface area contributed by atoms with E-state index >= 15 is 0 Å². The molecule has 0 aliphatic heterocycles. The zero-order valence-corrected chi connectivity index (χ0v) is 14.3. The standard InChI is InChI=1S/C18H16F2N6O/c1-10(27)24-12-3-5-13(6-4-12)25-17-16(21)18(23-9-22-17)26-15-8-11(19)2-7-14(15)20/h2-9H,21H2,1H3,(H,24,27)(H2,22,23,25,26). The molecule has 0 saturated heterocycles. The molecule has 0 fully saturated rings. The molecular weight excluding hydrogens is 354 g/mol. The Kier molecular flexibility index (Phi) is 5.11. The Bertz CT molecular complexity index is 978. The van der Waals surface area contributed by atoms with Crippen molar-refractivity contribution in [2.45, 2.75) is 6.92 Å². The van der Waals surface area contributed by atoms with E-state index < -0.39 is 11.6 Å². The van der Waals surface area contributed by atoms with E-state index in [1.807, 2.05) is 0 Å². The van der Waals surface area contributed by atoms with E-state index in [0.717, 1.165) is 18.2 Å². The van der Waals surface area contributed by atoms with Gasteiger partial charge in [0.15, 0.2) is 11.6 Å². The average molecular weight is 370 g/mol. The number of amides is 1. The number of anilines is 6. The van der Waals surface area contributed by atoms with E-state index in [1.165, 1.54) is 13.3 Å². The third-order valence-electron chi connectivity index (χ3n) is 3.53. The number of aromatic nitrogens is 2. The van der Waals surface area contributed by atoms with Gasteiger partial charge in [-0.2, -0.15) is 0 Å². The van der Waals surface area contributed by atoms with Crippen LogP contribution in [-0.4, -0.2) is 15.9 Å². The smallest absolute Gasteiger partial charge is 0.221 e. The maximum atomic E-state index is 13.8. The molecule has 0 aliphatic carbocycles. The first-order valence-electron chi connectivity index (χ1n) is 7.89. The summed E-state index contributed by atoms with van der Waals surface area (Å²) in [5, 5.41) is 8.33. The van der Waals surface area contributed by atoms with E-state index in [1.54, 1.807) is 24.3 Å². The van der Waals surface area contributed by atoms with Gasteiger partial charge in [0.2, 0.25) is 5.91 Å². The Labute approximate surface area is 153 Å². The summed E-state index contributed by atoms with van der Waals surface area (Å²) in [4.78, 5) is 19.1. The Morgan fingerprint density at radius 3 is 2.26 bits per heavy atom.